The molecule has 1 aliphatic heterocycles. The van der Waals surface area contributed by atoms with E-state index >= 15 is 0 Å². The smallest absolute Gasteiger partial charge is 0.101 e. The summed E-state index contributed by atoms with van der Waals surface area (Å²) >= 11 is 0. The highest BCUT2D eigenvalue weighted by Crippen LogP contribution is 2.24. The van der Waals surface area contributed by atoms with Crippen LogP contribution in [0.25, 0.3) is 0 Å². The summed E-state index contributed by atoms with van der Waals surface area (Å²) in [7, 11) is 0. The normalized spacial score (nSPS) is 16.6. The quantitative estimate of drug-likeness (QED) is 0.333. The van der Waals surface area contributed by atoms with Gasteiger partial charge in [0.2, 0.25) is 0 Å². The van der Waals surface area contributed by atoms with Crippen molar-refractivity contribution in [3.05, 3.63) is 48.3 Å². The van der Waals surface area contributed by atoms with E-state index in [9.17, 15) is 0 Å². The molecule has 0 amide bonds. The van der Waals surface area contributed by atoms with Crippen LogP contribution >= 0.6 is 0 Å². The Hall–Kier alpha value is -1.44. The Bertz CT molecular complexity index is 482. The van der Waals surface area contributed by atoms with Crippen molar-refractivity contribution in [1.29, 1.82) is 0 Å². The topological polar surface area (TPSA) is 6.48 Å². The highest BCUT2D eigenvalue weighted by atomic mass is 15.4. The van der Waals surface area contributed by atoms with Crippen molar-refractivity contribution < 1.29 is 0 Å². The molecule has 26 heavy (non-hydrogen) atoms. The van der Waals surface area contributed by atoms with Crippen molar-refractivity contribution in [3.63, 3.8) is 0 Å². The van der Waals surface area contributed by atoms with Crippen molar-refractivity contribution >= 4 is 0 Å². The fraction of sp³-hybridized carbons (Fsp3) is 0.667. The second-order valence-electron chi connectivity index (χ2n) is 7.79. The molecule has 2 rings (SSSR count). The molecule has 0 radical (unpaired) electrons. The SMILES string of the molecule is CCCCCCCCCCCC1N(CCC)C=CN1Cc1ccccc1. The maximum absolute atomic E-state index is 2.55. The van der Waals surface area contributed by atoms with Crippen LogP contribution in [0.2, 0.25) is 0 Å². The van der Waals surface area contributed by atoms with E-state index in [2.05, 4.69) is 66.4 Å². The van der Waals surface area contributed by atoms with Gasteiger partial charge in [-0.3, -0.25) is 0 Å². The zero-order valence-electron chi connectivity index (χ0n) is 17.2. The average Bonchev–Trinajstić information content (AvgIpc) is 3.03. The van der Waals surface area contributed by atoms with Gasteiger partial charge < -0.3 is 9.80 Å². The first-order valence-corrected chi connectivity index (χ1v) is 11.1. The molecule has 1 heterocycles. The molecule has 1 atom stereocenters. The van der Waals surface area contributed by atoms with E-state index in [1.807, 2.05) is 0 Å². The van der Waals surface area contributed by atoms with E-state index < -0.39 is 0 Å². The maximum atomic E-state index is 2.55. The zero-order valence-corrected chi connectivity index (χ0v) is 17.2. The van der Waals surface area contributed by atoms with Crippen LogP contribution < -0.4 is 0 Å². The molecule has 1 aliphatic rings. The molecule has 0 spiro atoms. The van der Waals surface area contributed by atoms with Crippen molar-refractivity contribution in [2.45, 2.75) is 97.2 Å². The fourth-order valence-corrected chi connectivity index (χ4v) is 3.96. The molecule has 1 unspecified atom stereocenters. The number of nitrogens with zero attached hydrogens (tertiary/aromatic N) is 2. The Balaban J connectivity index is 1.69. The van der Waals surface area contributed by atoms with Crippen LogP contribution in [0.1, 0.15) is 90.0 Å². The zero-order chi connectivity index (χ0) is 18.5. The van der Waals surface area contributed by atoms with Gasteiger partial charge in [0.25, 0.3) is 0 Å². The second kappa shape index (κ2) is 12.8. The van der Waals surface area contributed by atoms with Crippen molar-refractivity contribution in [3.8, 4) is 0 Å². The average molecular weight is 357 g/mol. The first-order valence-electron chi connectivity index (χ1n) is 11.1. The van der Waals surface area contributed by atoms with Gasteiger partial charge >= 0.3 is 0 Å². The molecule has 2 heteroatoms. The van der Waals surface area contributed by atoms with Gasteiger partial charge in [-0.25, -0.2) is 0 Å². The fourth-order valence-electron chi connectivity index (χ4n) is 3.96. The molecular formula is C24H40N2. The van der Waals surface area contributed by atoms with Crippen molar-refractivity contribution in [1.82, 2.24) is 9.80 Å². The van der Waals surface area contributed by atoms with Crippen LogP contribution in [0.4, 0.5) is 0 Å². The molecule has 0 N–H and O–H groups in total. The Morgan fingerprint density at radius 2 is 1.31 bits per heavy atom. The molecule has 0 aliphatic carbocycles. The second-order valence-corrected chi connectivity index (χ2v) is 7.79. The van der Waals surface area contributed by atoms with E-state index in [-0.39, 0.29) is 0 Å². The molecular weight excluding hydrogens is 316 g/mol. The van der Waals surface area contributed by atoms with E-state index in [0.29, 0.717) is 6.17 Å². The van der Waals surface area contributed by atoms with Gasteiger partial charge in [-0.1, -0.05) is 95.5 Å². The lowest BCUT2D eigenvalue weighted by Gasteiger charge is -2.33. The molecule has 0 saturated carbocycles. The molecule has 0 aromatic heterocycles. The van der Waals surface area contributed by atoms with Gasteiger partial charge in [0.1, 0.15) is 6.17 Å². The lowest BCUT2D eigenvalue weighted by molar-refractivity contribution is 0.134. The summed E-state index contributed by atoms with van der Waals surface area (Å²) in [6.45, 7) is 6.77. The van der Waals surface area contributed by atoms with Gasteiger partial charge in [-0.15, -0.1) is 0 Å². The van der Waals surface area contributed by atoms with E-state index in [1.165, 1.54) is 82.7 Å². The Kier molecular flexibility index (Phi) is 10.3. The van der Waals surface area contributed by atoms with Crippen molar-refractivity contribution in [2.24, 2.45) is 0 Å². The minimum atomic E-state index is 0.555. The summed E-state index contributed by atoms with van der Waals surface area (Å²) in [5.41, 5.74) is 1.41. The largest absolute Gasteiger partial charge is 0.356 e. The third-order valence-corrected chi connectivity index (χ3v) is 5.47. The molecule has 146 valence electrons. The molecule has 0 fully saturated rings. The van der Waals surface area contributed by atoms with E-state index in [4.69, 9.17) is 0 Å². The van der Waals surface area contributed by atoms with Gasteiger partial charge in [0, 0.05) is 25.5 Å². The van der Waals surface area contributed by atoms with Crippen molar-refractivity contribution in [2.75, 3.05) is 6.54 Å². The first-order chi connectivity index (χ1) is 12.8. The highest BCUT2D eigenvalue weighted by molar-refractivity contribution is 5.15. The number of hydrogen-bond donors (Lipinski definition) is 0. The third kappa shape index (κ3) is 7.43. The monoisotopic (exact) mass is 356 g/mol. The first kappa shape index (κ1) is 20.9. The van der Waals surface area contributed by atoms with E-state index in [1.54, 1.807) is 0 Å². The summed E-state index contributed by atoms with van der Waals surface area (Å²) in [5.74, 6) is 0. The van der Waals surface area contributed by atoms with Crippen LogP contribution in [-0.2, 0) is 6.54 Å². The number of unbranched alkanes of at least 4 members (excludes halogenated alkanes) is 8. The van der Waals surface area contributed by atoms with Gasteiger partial charge in [-0.2, -0.15) is 0 Å². The standard InChI is InChI=1S/C24H40N2/c1-3-5-6-7-8-9-10-11-15-18-24-25(19-4-2)20-21-26(24)22-23-16-13-12-14-17-23/h12-14,16-17,20-21,24H,3-11,15,18-19,22H2,1-2H3. The molecule has 0 bridgehead atoms. The number of hydrogen-bond acceptors (Lipinski definition) is 2. The maximum Gasteiger partial charge on any atom is 0.101 e. The lowest BCUT2D eigenvalue weighted by Crippen LogP contribution is -2.38. The van der Waals surface area contributed by atoms with Crippen LogP contribution in [0.15, 0.2) is 42.7 Å². The summed E-state index contributed by atoms with van der Waals surface area (Å²) in [4.78, 5) is 5.09. The minimum Gasteiger partial charge on any atom is -0.356 e. The third-order valence-electron chi connectivity index (χ3n) is 5.47. The number of benzene rings is 1. The Labute approximate surface area is 162 Å². The summed E-state index contributed by atoms with van der Waals surface area (Å²) < 4.78 is 0. The molecule has 0 saturated heterocycles. The van der Waals surface area contributed by atoms with Gasteiger partial charge in [0.05, 0.1) is 0 Å². The summed E-state index contributed by atoms with van der Waals surface area (Å²) in [5, 5.41) is 0. The minimum absolute atomic E-state index is 0.555. The van der Waals surface area contributed by atoms with E-state index in [0.717, 1.165) is 6.54 Å². The Morgan fingerprint density at radius 1 is 0.692 bits per heavy atom. The summed E-state index contributed by atoms with van der Waals surface area (Å²) in [6, 6.07) is 10.9. The Morgan fingerprint density at radius 3 is 1.96 bits per heavy atom. The predicted octanol–water partition coefficient (Wildman–Crippen LogP) is 6.93. The lowest BCUT2D eigenvalue weighted by atomic mass is 10.1. The molecule has 1 aromatic rings. The van der Waals surface area contributed by atoms with Crippen LogP contribution in [0.3, 0.4) is 0 Å². The van der Waals surface area contributed by atoms with Crippen LogP contribution in [0, 0.1) is 0 Å². The predicted molar refractivity (Wildman–Crippen MR) is 114 cm³/mol. The number of rotatable bonds is 14. The molecule has 2 nitrogen and oxygen atoms in total. The molecule has 1 aromatic carbocycles. The highest BCUT2D eigenvalue weighted by Gasteiger charge is 2.25. The van der Waals surface area contributed by atoms with Crippen LogP contribution in [0.5, 0.6) is 0 Å². The van der Waals surface area contributed by atoms with Crippen LogP contribution in [-0.4, -0.2) is 22.5 Å². The summed E-state index contributed by atoms with van der Waals surface area (Å²) in [6.07, 6.45) is 20.3. The van der Waals surface area contributed by atoms with Gasteiger partial charge in [0.15, 0.2) is 0 Å². The van der Waals surface area contributed by atoms with Gasteiger partial charge in [-0.05, 0) is 24.8 Å².